The van der Waals surface area contributed by atoms with Crippen molar-refractivity contribution in [3.63, 3.8) is 0 Å². The quantitative estimate of drug-likeness (QED) is 0.347. The van der Waals surface area contributed by atoms with Gasteiger partial charge in [0.25, 0.3) is 0 Å². The van der Waals surface area contributed by atoms with E-state index in [-0.39, 0.29) is 10.8 Å². The molecule has 4 N–H and O–H groups in total. The molecular formula is C29H26N4O4S. The van der Waals surface area contributed by atoms with Gasteiger partial charge in [-0.15, -0.1) is 0 Å². The van der Waals surface area contributed by atoms with Crippen LogP contribution in [-0.2, 0) is 21.2 Å². The Morgan fingerprint density at radius 1 is 1.05 bits per heavy atom. The van der Waals surface area contributed by atoms with Crippen molar-refractivity contribution in [2.75, 3.05) is 6.54 Å². The Bertz CT molecular complexity index is 1780. The number of rotatable bonds is 6. The normalized spacial score (nSPS) is 17.9. The van der Waals surface area contributed by atoms with Crippen molar-refractivity contribution in [1.29, 1.82) is 0 Å². The molecule has 3 aromatic carbocycles. The lowest BCUT2D eigenvalue weighted by Crippen LogP contribution is -2.42. The molecule has 2 aliphatic rings. The fraction of sp³-hybridized carbons (Fsp3) is 0.207. The van der Waals surface area contributed by atoms with Crippen LogP contribution in [0.15, 0.2) is 83.3 Å². The number of nitrogens with one attached hydrogen (secondary N) is 1. The lowest BCUT2D eigenvalue weighted by Gasteiger charge is -2.30. The number of carboxylic acid groups (broad SMARTS) is 1. The maximum absolute atomic E-state index is 12.6. The van der Waals surface area contributed by atoms with E-state index in [1.165, 1.54) is 45.2 Å². The summed E-state index contributed by atoms with van der Waals surface area (Å²) in [6, 6.07) is 18.2. The zero-order valence-corrected chi connectivity index (χ0v) is 21.3. The third-order valence-corrected chi connectivity index (χ3v) is 8.88. The Labute approximate surface area is 219 Å². The Balaban J connectivity index is 1.32. The Kier molecular flexibility index (Phi) is 6.06. The summed E-state index contributed by atoms with van der Waals surface area (Å²) in [5.41, 5.74) is 12.0. The number of allylic oxidation sites excluding steroid dienone is 4. The average Bonchev–Trinajstić information content (AvgIpc) is 2.94. The van der Waals surface area contributed by atoms with E-state index in [2.05, 4.69) is 63.5 Å². The van der Waals surface area contributed by atoms with E-state index in [9.17, 15) is 13.2 Å². The molecule has 0 saturated carbocycles. The van der Waals surface area contributed by atoms with Crippen LogP contribution in [0.4, 0.5) is 0 Å². The van der Waals surface area contributed by atoms with Crippen LogP contribution in [0, 0.1) is 0 Å². The summed E-state index contributed by atoms with van der Waals surface area (Å²) < 4.78 is 27.5. The molecule has 1 aromatic heterocycles. The monoisotopic (exact) mass is 526 g/mol. The number of benzene rings is 3. The zero-order valence-electron chi connectivity index (χ0n) is 20.5. The highest BCUT2D eigenvalue weighted by Gasteiger charge is 2.29. The lowest BCUT2D eigenvalue weighted by atomic mass is 9.74. The second-order valence-corrected chi connectivity index (χ2v) is 11.5. The van der Waals surface area contributed by atoms with Crippen molar-refractivity contribution in [2.24, 2.45) is 5.73 Å². The SMILES string of the molecule is NC(CNS(=O)(=O)c1ccc2cc(C3CC=CC4=C3CCc3c4ccc4ccccc34)nnc2c1)C(=O)O. The van der Waals surface area contributed by atoms with Gasteiger partial charge in [-0.2, -0.15) is 10.2 Å². The smallest absolute Gasteiger partial charge is 0.321 e. The molecule has 0 spiro atoms. The van der Waals surface area contributed by atoms with Gasteiger partial charge in [-0.3, -0.25) is 4.79 Å². The predicted octanol–water partition coefficient (Wildman–Crippen LogP) is 3.92. The third kappa shape index (κ3) is 4.28. The van der Waals surface area contributed by atoms with Gasteiger partial charge in [-0.25, -0.2) is 13.1 Å². The van der Waals surface area contributed by atoms with Crippen LogP contribution in [-0.4, -0.2) is 42.3 Å². The molecule has 192 valence electrons. The van der Waals surface area contributed by atoms with Gasteiger partial charge in [0.15, 0.2) is 0 Å². The number of aromatic nitrogens is 2. The van der Waals surface area contributed by atoms with Gasteiger partial charge < -0.3 is 10.8 Å². The first-order valence-corrected chi connectivity index (χ1v) is 14.0. The predicted molar refractivity (Wildman–Crippen MR) is 146 cm³/mol. The highest BCUT2D eigenvalue weighted by Crippen LogP contribution is 2.45. The van der Waals surface area contributed by atoms with E-state index in [1.54, 1.807) is 6.07 Å². The third-order valence-electron chi connectivity index (χ3n) is 7.45. The number of nitrogens with zero attached hydrogens (tertiary/aromatic N) is 2. The number of aryl methyl sites for hydroxylation is 1. The number of sulfonamides is 1. The number of aliphatic carboxylic acids is 1. The molecule has 0 bridgehead atoms. The topological polar surface area (TPSA) is 135 Å². The van der Waals surface area contributed by atoms with Gasteiger partial charge in [0.2, 0.25) is 10.0 Å². The number of hydrogen-bond donors (Lipinski definition) is 3. The van der Waals surface area contributed by atoms with Gasteiger partial charge >= 0.3 is 5.97 Å². The van der Waals surface area contributed by atoms with E-state index in [0.29, 0.717) is 5.52 Å². The molecule has 0 fully saturated rings. The van der Waals surface area contributed by atoms with Gasteiger partial charge in [0.05, 0.1) is 16.1 Å². The maximum Gasteiger partial charge on any atom is 0.321 e. The van der Waals surface area contributed by atoms with Crippen molar-refractivity contribution < 1.29 is 18.3 Å². The maximum atomic E-state index is 12.6. The van der Waals surface area contributed by atoms with Crippen LogP contribution >= 0.6 is 0 Å². The molecule has 6 rings (SSSR count). The van der Waals surface area contributed by atoms with Crippen molar-refractivity contribution in [1.82, 2.24) is 14.9 Å². The van der Waals surface area contributed by atoms with Crippen LogP contribution in [0.2, 0.25) is 0 Å². The lowest BCUT2D eigenvalue weighted by molar-refractivity contribution is -0.138. The van der Waals surface area contributed by atoms with E-state index >= 15 is 0 Å². The first kappa shape index (κ1) is 24.4. The number of carboxylic acids is 1. The summed E-state index contributed by atoms with van der Waals surface area (Å²) in [6.45, 7) is -0.411. The zero-order chi connectivity index (χ0) is 26.4. The molecule has 0 saturated heterocycles. The average molecular weight is 527 g/mol. The Morgan fingerprint density at radius 2 is 1.87 bits per heavy atom. The van der Waals surface area contributed by atoms with Crippen molar-refractivity contribution >= 4 is 43.2 Å². The first-order valence-electron chi connectivity index (χ1n) is 12.5. The summed E-state index contributed by atoms with van der Waals surface area (Å²) in [7, 11) is -3.95. The molecule has 1 heterocycles. The van der Waals surface area contributed by atoms with Crippen LogP contribution in [0.3, 0.4) is 0 Å². The summed E-state index contributed by atoms with van der Waals surface area (Å²) >= 11 is 0. The Hall–Kier alpha value is -3.92. The molecule has 0 radical (unpaired) electrons. The van der Waals surface area contributed by atoms with Crippen LogP contribution in [0.1, 0.15) is 35.6 Å². The summed E-state index contributed by atoms with van der Waals surface area (Å²) in [5.74, 6) is -1.18. The van der Waals surface area contributed by atoms with Crippen molar-refractivity contribution in [3.05, 3.63) is 95.2 Å². The second-order valence-electron chi connectivity index (χ2n) is 9.73. The summed E-state index contributed by atoms with van der Waals surface area (Å²) in [5, 5.41) is 21.1. The molecule has 0 aliphatic heterocycles. The van der Waals surface area contributed by atoms with Crippen molar-refractivity contribution in [2.45, 2.75) is 36.1 Å². The van der Waals surface area contributed by atoms with Crippen molar-refractivity contribution in [3.8, 4) is 0 Å². The van der Waals surface area contributed by atoms with Gasteiger partial charge in [-0.1, -0.05) is 60.2 Å². The standard InChI is InChI=1S/C29H26N4O4S/c30-26(29(34)35)16-31-38(36,37)19-10-8-18-14-28(33-32-27(18)15-19)25-7-3-6-21-23-11-9-17-4-1-2-5-20(17)22(23)12-13-24(21)25/h1-6,8-11,14-15,25-26,31H,7,12-13,16,30H2,(H,34,35). The van der Waals surface area contributed by atoms with Gasteiger partial charge in [0.1, 0.15) is 6.04 Å². The molecular weight excluding hydrogens is 500 g/mol. The molecule has 38 heavy (non-hydrogen) atoms. The van der Waals surface area contributed by atoms with E-state index < -0.39 is 28.6 Å². The molecule has 2 unspecified atom stereocenters. The number of fused-ring (bicyclic) bond motifs is 5. The van der Waals surface area contributed by atoms with Crippen LogP contribution < -0.4 is 10.5 Å². The molecule has 2 atom stereocenters. The Morgan fingerprint density at radius 3 is 2.71 bits per heavy atom. The largest absolute Gasteiger partial charge is 0.480 e. The van der Waals surface area contributed by atoms with Gasteiger partial charge in [0, 0.05) is 17.8 Å². The minimum atomic E-state index is -3.95. The first-order chi connectivity index (χ1) is 18.3. The van der Waals surface area contributed by atoms with Crippen LogP contribution in [0.5, 0.6) is 0 Å². The fourth-order valence-electron chi connectivity index (χ4n) is 5.49. The number of carbonyl (C=O) groups is 1. The summed E-state index contributed by atoms with van der Waals surface area (Å²) in [6.07, 6.45) is 7.19. The number of hydrogen-bond acceptors (Lipinski definition) is 6. The molecule has 9 heteroatoms. The second kappa shape index (κ2) is 9.43. The van der Waals surface area contributed by atoms with Crippen LogP contribution in [0.25, 0.3) is 27.2 Å². The minimum absolute atomic E-state index is 0.0219. The van der Waals surface area contributed by atoms with Gasteiger partial charge in [-0.05, 0) is 64.9 Å². The molecule has 4 aromatic rings. The van der Waals surface area contributed by atoms with E-state index in [1.807, 2.05) is 6.07 Å². The molecule has 2 aliphatic carbocycles. The summed E-state index contributed by atoms with van der Waals surface area (Å²) in [4.78, 5) is 10.9. The minimum Gasteiger partial charge on any atom is -0.480 e. The highest BCUT2D eigenvalue weighted by molar-refractivity contribution is 7.89. The number of nitrogens with two attached hydrogens (primary N) is 1. The molecule has 0 amide bonds. The fourth-order valence-corrected chi connectivity index (χ4v) is 6.57. The highest BCUT2D eigenvalue weighted by atomic mass is 32.2. The van der Waals surface area contributed by atoms with E-state index in [0.717, 1.165) is 30.3 Å². The van der Waals surface area contributed by atoms with E-state index in [4.69, 9.17) is 10.8 Å². The molecule has 8 nitrogen and oxygen atoms in total.